The maximum absolute atomic E-state index is 12.8. The third kappa shape index (κ3) is 22.5. The normalized spacial score (nSPS) is 19.4. The average molecular weight is 1090 g/mol. The molecule has 13 heteroatoms. The highest BCUT2D eigenvalue weighted by Gasteiger charge is 2.30. The van der Waals surface area contributed by atoms with Gasteiger partial charge in [0.15, 0.2) is 0 Å². The fourth-order valence-electron chi connectivity index (χ4n) is 10.8. The van der Waals surface area contributed by atoms with Crippen molar-refractivity contribution in [1.82, 2.24) is 39.3 Å². The third-order valence-corrected chi connectivity index (χ3v) is 16.3. The van der Waals surface area contributed by atoms with Crippen LogP contribution in [0.1, 0.15) is 109 Å². The number of ether oxygens (including phenoxy) is 1. The Balaban J connectivity index is 0.000000183. The van der Waals surface area contributed by atoms with Gasteiger partial charge in [0.2, 0.25) is 0 Å². The third-order valence-electron chi connectivity index (χ3n) is 16.3. The van der Waals surface area contributed by atoms with E-state index in [1.165, 1.54) is 75.7 Å². The van der Waals surface area contributed by atoms with Crippen molar-refractivity contribution in [2.24, 2.45) is 0 Å². The molecule has 0 amide bonds. The molecule has 0 N–H and O–H groups in total. The molecule has 0 saturated carbocycles. The van der Waals surface area contributed by atoms with Crippen LogP contribution in [0.2, 0.25) is 0 Å². The van der Waals surface area contributed by atoms with Crippen molar-refractivity contribution in [2.75, 3.05) is 160 Å². The van der Waals surface area contributed by atoms with Crippen molar-refractivity contribution < 1.29 is 9.13 Å². The van der Waals surface area contributed by atoms with Crippen LogP contribution in [0, 0.1) is 5.82 Å². The lowest BCUT2D eigenvalue weighted by molar-refractivity contribution is 0.0591. The molecular formula is C66H110FN11O. The van der Waals surface area contributed by atoms with E-state index >= 15 is 0 Å². The van der Waals surface area contributed by atoms with Crippen LogP contribution in [0.3, 0.4) is 0 Å². The second kappa shape index (κ2) is 30.1. The van der Waals surface area contributed by atoms with Crippen molar-refractivity contribution in [3.05, 3.63) is 115 Å². The van der Waals surface area contributed by atoms with Crippen LogP contribution in [-0.2, 0) is 6.54 Å². The summed E-state index contributed by atoms with van der Waals surface area (Å²) >= 11 is 0. The zero-order chi connectivity index (χ0) is 58.0. The Morgan fingerprint density at radius 2 is 0.734 bits per heavy atom. The van der Waals surface area contributed by atoms with E-state index in [1.54, 1.807) is 7.11 Å². The number of benzene rings is 3. The van der Waals surface area contributed by atoms with E-state index in [4.69, 9.17) is 4.74 Å². The van der Waals surface area contributed by atoms with E-state index in [2.05, 4.69) is 219 Å². The zero-order valence-electron chi connectivity index (χ0n) is 52.9. The Morgan fingerprint density at radius 1 is 0.392 bits per heavy atom. The van der Waals surface area contributed by atoms with E-state index in [0.717, 1.165) is 102 Å². The number of aromatic nitrogens is 1. The number of hydrogen-bond donors (Lipinski definition) is 0. The van der Waals surface area contributed by atoms with Gasteiger partial charge in [0, 0.05) is 183 Å². The minimum Gasteiger partial charge on any atom is -0.497 e. The second-order valence-corrected chi connectivity index (χ2v) is 27.2. The number of piperazine rings is 5. The molecule has 5 aliphatic heterocycles. The Bertz CT molecular complexity index is 2250. The minimum atomic E-state index is -0.165. The molecule has 0 bridgehead atoms. The van der Waals surface area contributed by atoms with E-state index in [0.29, 0.717) is 11.1 Å². The molecule has 442 valence electrons. The molecular weight excluding hydrogens is 982 g/mol. The van der Waals surface area contributed by atoms with Gasteiger partial charge in [-0.3, -0.25) is 29.4 Å². The van der Waals surface area contributed by atoms with Crippen molar-refractivity contribution in [3.63, 3.8) is 0 Å². The second-order valence-electron chi connectivity index (χ2n) is 27.2. The van der Waals surface area contributed by atoms with Gasteiger partial charge in [-0.25, -0.2) is 9.37 Å². The zero-order valence-corrected chi connectivity index (χ0v) is 52.9. The molecule has 0 radical (unpaired) electrons. The maximum Gasteiger partial charge on any atom is 0.128 e. The largest absolute Gasteiger partial charge is 0.497 e. The molecule has 5 saturated heterocycles. The maximum atomic E-state index is 12.8. The van der Waals surface area contributed by atoms with Gasteiger partial charge in [-0.1, -0.05) is 36.4 Å². The molecule has 1 aromatic heterocycles. The lowest BCUT2D eigenvalue weighted by atomic mass is 10.0. The molecule has 3 aromatic carbocycles. The molecule has 5 fully saturated rings. The first-order valence-corrected chi connectivity index (χ1v) is 29.9. The number of halogens is 1. The van der Waals surface area contributed by atoms with Gasteiger partial charge in [0.25, 0.3) is 0 Å². The van der Waals surface area contributed by atoms with Crippen LogP contribution in [0.15, 0.2) is 103 Å². The Morgan fingerprint density at radius 3 is 1.09 bits per heavy atom. The van der Waals surface area contributed by atoms with Crippen molar-refractivity contribution >= 4 is 17.2 Å². The van der Waals surface area contributed by atoms with Gasteiger partial charge >= 0.3 is 0 Å². The van der Waals surface area contributed by atoms with Gasteiger partial charge in [-0.15, -0.1) is 0 Å². The van der Waals surface area contributed by atoms with Crippen molar-refractivity contribution in [1.29, 1.82) is 0 Å². The first-order valence-electron chi connectivity index (χ1n) is 29.9. The monoisotopic (exact) mass is 1090 g/mol. The van der Waals surface area contributed by atoms with E-state index in [-0.39, 0.29) is 22.4 Å². The topological polar surface area (TPSA) is 54.5 Å². The van der Waals surface area contributed by atoms with Crippen LogP contribution < -0.4 is 19.4 Å². The summed E-state index contributed by atoms with van der Waals surface area (Å²) in [5.74, 6) is 1.87. The van der Waals surface area contributed by atoms with Gasteiger partial charge < -0.3 is 24.3 Å². The fraction of sp³-hybridized carbons (Fsp3) is 0.652. The lowest BCUT2D eigenvalue weighted by Crippen LogP contribution is -2.53. The first-order chi connectivity index (χ1) is 37.1. The highest BCUT2D eigenvalue weighted by Crippen LogP contribution is 2.25. The number of likely N-dealkylation sites (N-methyl/N-ethyl adjacent to an activating group) is 1. The average Bonchev–Trinajstić information content (AvgIpc) is 3.43. The molecule has 0 spiro atoms. The van der Waals surface area contributed by atoms with Crippen molar-refractivity contribution in [3.8, 4) is 5.75 Å². The molecule has 9 rings (SSSR count). The molecule has 0 atom stereocenters. The number of nitrogens with zero attached hydrogens (tertiary/aromatic N) is 11. The van der Waals surface area contributed by atoms with Crippen LogP contribution in [0.5, 0.6) is 5.75 Å². The summed E-state index contributed by atoms with van der Waals surface area (Å²) in [6, 6.07) is 32.0. The van der Waals surface area contributed by atoms with Crippen molar-refractivity contribution in [2.45, 2.75) is 138 Å². The molecule has 0 aliphatic carbocycles. The van der Waals surface area contributed by atoms with Gasteiger partial charge in [0.05, 0.1) is 7.11 Å². The fourth-order valence-corrected chi connectivity index (χ4v) is 10.8. The summed E-state index contributed by atoms with van der Waals surface area (Å²) in [5.41, 5.74) is 5.35. The Kier molecular flexibility index (Phi) is 24.9. The summed E-state index contributed by atoms with van der Waals surface area (Å²) < 4.78 is 18.0. The number of hydrogen-bond acceptors (Lipinski definition) is 12. The smallest absolute Gasteiger partial charge is 0.128 e. The summed E-state index contributed by atoms with van der Waals surface area (Å²) in [6.07, 6.45) is 1.87. The molecule has 79 heavy (non-hydrogen) atoms. The van der Waals surface area contributed by atoms with Crippen LogP contribution in [0.25, 0.3) is 0 Å². The number of methoxy groups -OCH3 is 1. The van der Waals surface area contributed by atoms with Crippen LogP contribution >= 0.6 is 0 Å². The number of rotatable bonds is 6. The van der Waals surface area contributed by atoms with Crippen LogP contribution in [-0.4, -0.2) is 212 Å². The highest BCUT2D eigenvalue weighted by molar-refractivity contribution is 5.50. The molecule has 5 aliphatic rings. The number of anilines is 3. The summed E-state index contributed by atoms with van der Waals surface area (Å²) in [4.78, 5) is 29.2. The molecule has 0 unspecified atom stereocenters. The molecule has 4 aromatic rings. The quantitative estimate of drug-likeness (QED) is 0.185. The first kappa shape index (κ1) is 65.5. The Labute approximate surface area is 481 Å². The summed E-state index contributed by atoms with van der Waals surface area (Å²) in [6.45, 7) is 58.0. The van der Waals surface area contributed by atoms with E-state index in [9.17, 15) is 4.39 Å². The highest BCUT2D eigenvalue weighted by atomic mass is 19.1. The molecule has 6 heterocycles. The number of pyridine rings is 1. The summed E-state index contributed by atoms with van der Waals surface area (Å²) in [7, 11) is 3.90. The molecule has 12 nitrogen and oxygen atoms in total. The minimum absolute atomic E-state index is 0.165. The van der Waals surface area contributed by atoms with Gasteiger partial charge in [-0.2, -0.15) is 0 Å². The standard InChI is InChI=1S/C15H24N2O.C15H24N2.C14H21FN2.C13H21N3.C9H20N2/c1-15(2,3)17-11-9-16(10-12-17)13-5-7-14(18-4)8-6-13;1-15(2,3)17-11-9-16(10-12-17)13-14-7-5-4-6-8-14;1-14(2,3)17-10-8-16(9-11-17)13-6-4-12(15)5-7-13;1-13(2,3)16-10-8-15(9-11-16)12-6-4-5-7-14-12;1-9(2,3)11-7-5-10(4)6-8-11/h5-8H,9-12H2,1-4H3;4-8H,9-13H2,1-3H3;4-7H,8-11H2,1-3H3;4-7H,8-11H2,1-3H3;5-8H2,1-4H3. The SMILES string of the molecule is CC(C)(C)N1CCN(Cc2ccccc2)CC1.CC(C)(C)N1CCN(c2ccc(F)cc2)CC1.CC(C)(C)N1CCN(c2ccccn2)CC1.CN1CCN(C(C)(C)C)CC1.COc1ccc(N2CCN(C(C)(C)C)CC2)cc1. The van der Waals surface area contributed by atoms with Gasteiger partial charge in [0.1, 0.15) is 17.4 Å². The van der Waals surface area contributed by atoms with Crippen LogP contribution in [0.4, 0.5) is 21.6 Å². The van der Waals surface area contributed by atoms with Gasteiger partial charge in [-0.05, 0) is 177 Å². The van der Waals surface area contributed by atoms with E-state index in [1.807, 2.05) is 36.5 Å². The lowest BCUT2D eigenvalue weighted by Gasteiger charge is -2.43. The van der Waals surface area contributed by atoms with E-state index < -0.39 is 0 Å². The predicted molar refractivity (Wildman–Crippen MR) is 336 cm³/mol. The summed E-state index contributed by atoms with van der Waals surface area (Å²) in [5, 5.41) is 0. The predicted octanol–water partition coefficient (Wildman–Crippen LogP) is 11.0. The Hall–Kier alpha value is -4.34.